The minimum absolute atomic E-state index is 0.102. The maximum absolute atomic E-state index is 14.5. The lowest BCUT2D eigenvalue weighted by atomic mass is 9.68. The zero-order valence-corrected chi connectivity index (χ0v) is 22.2. The third kappa shape index (κ3) is 4.24. The third-order valence-corrected chi connectivity index (χ3v) is 7.84. The summed E-state index contributed by atoms with van der Waals surface area (Å²) >= 11 is 0. The number of carbonyl (C=O) groups excluding carboxylic acids is 1. The van der Waals surface area contributed by atoms with Crippen LogP contribution in [0.25, 0.3) is 21.9 Å². The molecule has 196 valence electrons. The monoisotopic (exact) mass is 511 g/mol. The van der Waals surface area contributed by atoms with E-state index in [4.69, 9.17) is 4.98 Å². The number of anilines is 1. The molecule has 0 aliphatic carbocycles. The van der Waals surface area contributed by atoms with E-state index in [1.807, 2.05) is 35.2 Å². The predicted molar refractivity (Wildman–Crippen MR) is 148 cm³/mol. The average molecular weight is 512 g/mol. The Bertz CT molecular complexity index is 1490. The molecule has 8 heteroatoms. The fraction of sp³-hybridized carbons (Fsp3) is 0.333. The molecule has 4 aromatic rings. The van der Waals surface area contributed by atoms with Gasteiger partial charge in [-0.15, -0.1) is 0 Å². The Morgan fingerprint density at radius 3 is 2.47 bits per heavy atom. The first-order valence-corrected chi connectivity index (χ1v) is 12.9. The Balaban J connectivity index is 1.65. The van der Waals surface area contributed by atoms with Crippen molar-refractivity contribution >= 4 is 28.5 Å². The van der Waals surface area contributed by atoms with Gasteiger partial charge in [-0.1, -0.05) is 57.2 Å². The highest BCUT2D eigenvalue weighted by Gasteiger charge is 2.51. The first-order valence-electron chi connectivity index (χ1n) is 12.9. The highest BCUT2D eigenvalue weighted by Crippen LogP contribution is 2.45. The van der Waals surface area contributed by atoms with Crippen molar-refractivity contribution in [1.82, 2.24) is 20.1 Å². The normalized spacial score (nSPS) is 17.9. The molecule has 0 saturated carbocycles. The topological polar surface area (TPSA) is 100 Å². The highest BCUT2D eigenvalue weighted by molar-refractivity contribution is 6.11. The molecule has 1 aliphatic heterocycles. The number of benzene rings is 2. The Hall–Kier alpha value is -4.04. The largest absolute Gasteiger partial charge is 0.477 e. The quantitative estimate of drug-likeness (QED) is 0.384. The van der Waals surface area contributed by atoms with Gasteiger partial charge in [0.1, 0.15) is 5.82 Å². The van der Waals surface area contributed by atoms with Crippen LogP contribution in [0.5, 0.6) is 0 Å². The van der Waals surface area contributed by atoms with Crippen molar-refractivity contribution in [1.29, 1.82) is 0 Å². The smallest absolute Gasteiger partial charge is 0.354 e. The molecule has 0 unspecified atom stereocenters. The molecular weight excluding hydrogens is 478 g/mol. The SMILES string of the molecule is Cn1ncc(-c2ccc(C(=O)N(c3nccc4ccccc34)[C@@]3(C(C)(C)C)CCCNC3)cc2)c1C(=O)O. The summed E-state index contributed by atoms with van der Waals surface area (Å²) in [6.07, 6.45) is 5.10. The van der Waals surface area contributed by atoms with E-state index in [0.717, 1.165) is 30.2 Å². The molecule has 1 aliphatic rings. The van der Waals surface area contributed by atoms with Crippen molar-refractivity contribution in [3.63, 3.8) is 0 Å². The van der Waals surface area contributed by atoms with Crippen LogP contribution in [0, 0.1) is 5.41 Å². The fourth-order valence-corrected chi connectivity index (χ4v) is 5.65. The van der Waals surface area contributed by atoms with Crippen LogP contribution >= 0.6 is 0 Å². The standard InChI is InChI=1S/C30H33N5O3/c1-29(2,3)30(15-7-16-31-19-30)35(26-23-9-6-5-8-20(23)14-17-32-26)27(36)22-12-10-21(11-13-22)24-18-33-34(4)25(24)28(37)38/h5-6,8-14,17-18,31H,7,15-16,19H2,1-4H3,(H,37,38)/t30-/m0/s1. The number of nitrogens with zero attached hydrogens (tertiary/aromatic N) is 4. The van der Waals surface area contributed by atoms with E-state index in [-0.39, 0.29) is 17.0 Å². The van der Waals surface area contributed by atoms with E-state index >= 15 is 0 Å². The zero-order valence-electron chi connectivity index (χ0n) is 22.2. The van der Waals surface area contributed by atoms with Gasteiger partial charge in [-0.25, -0.2) is 9.78 Å². The number of carboxylic acids is 1. The second-order valence-corrected chi connectivity index (χ2v) is 11.0. The summed E-state index contributed by atoms with van der Waals surface area (Å²) in [5.74, 6) is -0.537. The lowest BCUT2D eigenvalue weighted by Gasteiger charge is -2.54. The molecule has 2 aromatic carbocycles. The third-order valence-electron chi connectivity index (χ3n) is 7.84. The van der Waals surface area contributed by atoms with E-state index in [9.17, 15) is 14.7 Å². The molecule has 3 heterocycles. The molecule has 5 rings (SSSR count). The second kappa shape index (κ2) is 9.68. The number of carboxylic acid groups (broad SMARTS) is 1. The van der Waals surface area contributed by atoms with Gasteiger partial charge in [-0.2, -0.15) is 5.10 Å². The lowest BCUT2D eigenvalue weighted by Crippen LogP contribution is -2.66. The van der Waals surface area contributed by atoms with Gasteiger partial charge in [0.15, 0.2) is 5.69 Å². The second-order valence-electron chi connectivity index (χ2n) is 11.0. The van der Waals surface area contributed by atoms with Gasteiger partial charge in [-0.3, -0.25) is 14.4 Å². The number of fused-ring (bicyclic) bond motifs is 1. The minimum atomic E-state index is -1.05. The summed E-state index contributed by atoms with van der Waals surface area (Å²) in [5, 5.41) is 19.3. The average Bonchev–Trinajstić information content (AvgIpc) is 3.30. The van der Waals surface area contributed by atoms with Crippen LogP contribution in [0.4, 0.5) is 5.82 Å². The molecule has 2 N–H and O–H groups in total. The maximum Gasteiger partial charge on any atom is 0.354 e. The molecule has 0 bridgehead atoms. The van der Waals surface area contributed by atoms with Gasteiger partial charge < -0.3 is 10.4 Å². The van der Waals surface area contributed by atoms with Crippen molar-refractivity contribution < 1.29 is 14.7 Å². The number of aromatic nitrogens is 3. The van der Waals surface area contributed by atoms with E-state index < -0.39 is 11.5 Å². The molecular formula is C30H33N5O3. The Morgan fingerprint density at radius 1 is 1.08 bits per heavy atom. The van der Waals surface area contributed by atoms with Gasteiger partial charge in [0, 0.05) is 36.3 Å². The molecule has 1 atom stereocenters. The molecule has 1 saturated heterocycles. The van der Waals surface area contributed by atoms with Crippen molar-refractivity contribution in [3.05, 3.63) is 78.2 Å². The number of aryl methyl sites for hydroxylation is 1. The number of piperidine rings is 1. The molecule has 0 radical (unpaired) electrons. The Kier molecular flexibility index (Phi) is 6.53. The molecule has 8 nitrogen and oxygen atoms in total. The summed E-state index contributed by atoms with van der Waals surface area (Å²) in [6, 6.07) is 17.1. The van der Waals surface area contributed by atoms with Gasteiger partial charge in [0.25, 0.3) is 5.91 Å². The summed E-state index contributed by atoms with van der Waals surface area (Å²) < 4.78 is 1.34. The van der Waals surface area contributed by atoms with E-state index in [0.29, 0.717) is 29.1 Å². The number of pyridine rings is 1. The number of carbonyl (C=O) groups is 2. The highest BCUT2D eigenvalue weighted by atomic mass is 16.4. The van der Waals surface area contributed by atoms with E-state index in [2.05, 4.69) is 31.2 Å². The molecule has 1 fully saturated rings. The maximum atomic E-state index is 14.5. The first-order chi connectivity index (χ1) is 18.1. The number of aromatic carboxylic acids is 1. The Labute approximate surface area is 222 Å². The molecule has 2 aromatic heterocycles. The van der Waals surface area contributed by atoms with Crippen molar-refractivity contribution in [2.24, 2.45) is 12.5 Å². The number of hydrogen-bond donors (Lipinski definition) is 2. The number of nitrogens with one attached hydrogen (secondary N) is 1. The van der Waals surface area contributed by atoms with Crippen LogP contribution in [0.15, 0.2) is 67.0 Å². The van der Waals surface area contributed by atoms with Gasteiger partial charge in [-0.05, 0) is 54.0 Å². The summed E-state index contributed by atoms with van der Waals surface area (Å²) in [7, 11) is 1.60. The van der Waals surface area contributed by atoms with Crippen LogP contribution < -0.4 is 10.2 Å². The van der Waals surface area contributed by atoms with Crippen LogP contribution in [0.1, 0.15) is 54.5 Å². The van der Waals surface area contributed by atoms with Crippen LogP contribution in [0.2, 0.25) is 0 Å². The number of amides is 1. The van der Waals surface area contributed by atoms with E-state index in [1.54, 1.807) is 37.5 Å². The first kappa shape index (κ1) is 25.6. The fourth-order valence-electron chi connectivity index (χ4n) is 5.65. The lowest BCUT2D eigenvalue weighted by molar-refractivity contribution is 0.0685. The molecule has 38 heavy (non-hydrogen) atoms. The van der Waals surface area contributed by atoms with Crippen molar-refractivity contribution in [2.75, 3.05) is 18.0 Å². The number of rotatable bonds is 5. The van der Waals surface area contributed by atoms with Gasteiger partial charge >= 0.3 is 5.97 Å². The van der Waals surface area contributed by atoms with Crippen LogP contribution in [-0.2, 0) is 7.05 Å². The molecule has 0 spiro atoms. The molecule has 1 amide bonds. The van der Waals surface area contributed by atoms with Crippen molar-refractivity contribution in [2.45, 2.75) is 39.2 Å². The zero-order chi connectivity index (χ0) is 27.1. The van der Waals surface area contributed by atoms with Crippen LogP contribution in [0.3, 0.4) is 0 Å². The number of hydrogen-bond acceptors (Lipinski definition) is 5. The summed E-state index contributed by atoms with van der Waals surface area (Å²) in [5.41, 5.74) is 1.05. The van der Waals surface area contributed by atoms with Crippen LogP contribution in [-0.4, -0.2) is 50.4 Å². The van der Waals surface area contributed by atoms with Gasteiger partial charge in [0.05, 0.1) is 11.7 Å². The summed E-state index contributed by atoms with van der Waals surface area (Å²) in [4.78, 5) is 33.0. The predicted octanol–water partition coefficient (Wildman–Crippen LogP) is 5.15. The minimum Gasteiger partial charge on any atom is -0.477 e. The van der Waals surface area contributed by atoms with Crippen molar-refractivity contribution in [3.8, 4) is 11.1 Å². The Morgan fingerprint density at radius 2 is 1.82 bits per heavy atom. The van der Waals surface area contributed by atoms with E-state index in [1.165, 1.54) is 10.9 Å². The summed E-state index contributed by atoms with van der Waals surface area (Å²) in [6.45, 7) is 8.12. The van der Waals surface area contributed by atoms with Gasteiger partial charge in [0.2, 0.25) is 0 Å².